The lowest BCUT2D eigenvalue weighted by atomic mass is 10.2. The molecule has 1 heterocycles. The molecule has 0 saturated carbocycles. The molecule has 0 bridgehead atoms. The van der Waals surface area contributed by atoms with Gasteiger partial charge in [0.25, 0.3) is 5.91 Å². The Kier molecular flexibility index (Phi) is 4.69. The third-order valence-electron chi connectivity index (χ3n) is 2.70. The Labute approximate surface area is 131 Å². The van der Waals surface area contributed by atoms with Crippen molar-refractivity contribution in [3.8, 4) is 17.4 Å². The molecule has 2 aromatic rings. The molecule has 0 aliphatic heterocycles. The molecular weight excluding hydrogens is 311 g/mol. The highest BCUT2D eigenvalue weighted by molar-refractivity contribution is 6.36. The predicted molar refractivity (Wildman–Crippen MR) is 81.8 cm³/mol. The Morgan fingerprint density at radius 1 is 1.33 bits per heavy atom. The molecule has 0 fully saturated rings. The summed E-state index contributed by atoms with van der Waals surface area (Å²) in [5, 5.41) is 12.3. The number of hydrogen-bond acceptors (Lipinski definition) is 3. The van der Waals surface area contributed by atoms with Crippen LogP contribution in [0, 0.1) is 11.3 Å². The van der Waals surface area contributed by atoms with Crippen LogP contribution in [0.4, 0.5) is 0 Å². The first-order valence-corrected chi connectivity index (χ1v) is 6.70. The van der Waals surface area contributed by atoms with Crippen molar-refractivity contribution >= 4 is 35.2 Å². The van der Waals surface area contributed by atoms with E-state index in [0.717, 1.165) is 0 Å². The van der Waals surface area contributed by atoms with Crippen molar-refractivity contribution in [3.05, 3.63) is 51.7 Å². The fourth-order valence-corrected chi connectivity index (χ4v) is 2.19. The molecule has 0 saturated heterocycles. The van der Waals surface area contributed by atoms with Gasteiger partial charge < -0.3 is 9.73 Å². The molecule has 0 unspecified atom stereocenters. The molecule has 1 N–H and O–H groups in total. The van der Waals surface area contributed by atoms with E-state index in [4.69, 9.17) is 32.9 Å². The molecule has 0 radical (unpaired) electrons. The molecule has 2 rings (SSSR count). The van der Waals surface area contributed by atoms with E-state index in [1.165, 1.54) is 13.1 Å². The molecule has 106 valence electrons. The van der Waals surface area contributed by atoms with Gasteiger partial charge in [-0.25, -0.2) is 0 Å². The van der Waals surface area contributed by atoms with E-state index in [1.54, 1.807) is 30.3 Å². The van der Waals surface area contributed by atoms with E-state index in [-0.39, 0.29) is 5.57 Å². The summed E-state index contributed by atoms with van der Waals surface area (Å²) in [4.78, 5) is 11.4. The molecule has 1 amide bonds. The second-order valence-corrected chi connectivity index (χ2v) is 4.92. The summed E-state index contributed by atoms with van der Waals surface area (Å²) in [6.45, 7) is 0. The van der Waals surface area contributed by atoms with Crippen LogP contribution in [0.1, 0.15) is 5.76 Å². The number of carbonyl (C=O) groups excluding carboxylic acids is 1. The van der Waals surface area contributed by atoms with Crippen LogP contribution in [-0.2, 0) is 4.79 Å². The van der Waals surface area contributed by atoms with Crippen molar-refractivity contribution in [1.29, 1.82) is 5.26 Å². The third-order valence-corrected chi connectivity index (χ3v) is 3.25. The maximum atomic E-state index is 11.4. The van der Waals surface area contributed by atoms with Gasteiger partial charge in [0.05, 0.1) is 5.02 Å². The van der Waals surface area contributed by atoms with Crippen molar-refractivity contribution in [1.82, 2.24) is 5.32 Å². The molecule has 0 aliphatic carbocycles. The fraction of sp³-hybridized carbons (Fsp3) is 0.0667. The van der Waals surface area contributed by atoms with Gasteiger partial charge in [-0.2, -0.15) is 5.26 Å². The number of hydrogen-bond donors (Lipinski definition) is 1. The molecule has 0 spiro atoms. The van der Waals surface area contributed by atoms with E-state index < -0.39 is 5.91 Å². The highest BCUT2D eigenvalue weighted by Crippen LogP contribution is 2.31. The highest BCUT2D eigenvalue weighted by atomic mass is 35.5. The number of benzene rings is 1. The van der Waals surface area contributed by atoms with E-state index in [9.17, 15) is 4.79 Å². The van der Waals surface area contributed by atoms with Gasteiger partial charge in [-0.1, -0.05) is 23.2 Å². The van der Waals surface area contributed by atoms with Crippen LogP contribution in [0.15, 0.2) is 40.3 Å². The largest absolute Gasteiger partial charge is 0.457 e. The van der Waals surface area contributed by atoms with Gasteiger partial charge in [0.2, 0.25) is 0 Å². The van der Waals surface area contributed by atoms with Gasteiger partial charge >= 0.3 is 0 Å². The zero-order valence-corrected chi connectivity index (χ0v) is 12.5. The molecule has 0 aliphatic rings. The maximum Gasteiger partial charge on any atom is 0.261 e. The highest BCUT2D eigenvalue weighted by Gasteiger charge is 2.11. The van der Waals surface area contributed by atoms with Gasteiger partial charge in [0.1, 0.15) is 23.2 Å². The minimum absolute atomic E-state index is 0.0411. The minimum Gasteiger partial charge on any atom is -0.457 e. The van der Waals surface area contributed by atoms with Crippen molar-refractivity contribution < 1.29 is 9.21 Å². The summed E-state index contributed by atoms with van der Waals surface area (Å²) in [6, 6.07) is 10.2. The Hall–Kier alpha value is -2.22. The van der Waals surface area contributed by atoms with Crippen molar-refractivity contribution in [2.24, 2.45) is 0 Å². The number of likely N-dealkylation sites (N-methyl/N-ethyl adjacent to an activating group) is 1. The lowest BCUT2D eigenvalue weighted by Gasteiger charge is -2.01. The number of nitrogens with zero attached hydrogens (tertiary/aromatic N) is 1. The van der Waals surface area contributed by atoms with Crippen LogP contribution >= 0.6 is 23.2 Å². The van der Waals surface area contributed by atoms with Gasteiger partial charge in [0.15, 0.2) is 0 Å². The summed E-state index contributed by atoms with van der Waals surface area (Å²) < 4.78 is 5.58. The number of carbonyl (C=O) groups is 1. The fourth-order valence-electron chi connectivity index (χ4n) is 1.69. The monoisotopic (exact) mass is 320 g/mol. The van der Waals surface area contributed by atoms with Gasteiger partial charge in [-0.3, -0.25) is 4.79 Å². The molecule has 0 atom stereocenters. The Morgan fingerprint density at radius 3 is 2.71 bits per heavy atom. The maximum absolute atomic E-state index is 11.4. The standard InChI is InChI=1S/C15H10Cl2N2O2/c1-19-15(20)9(8-18)6-11-3-5-14(21-11)12-4-2-10(16)7-13(12)17/h2-7H,1H3,(H,19,20)/b9-6+. The van der Waals surface area contributed by atoms with E-state index in [0.29, 0.717) is 27.1 Å². The summed E-state index contributed by atoms with van der Waals surface area (Å²) in [5.74, 6) is 0.438. The predicted octanol–water partition coefficient (Wildman–Crippen LogP) is 3.91. The molecular formula is C15H10Cl2N2O2. The van der Waals surface area contributed by atoms with Crippen molar-refractivity contribution in [2.45, 2.75) is 0 Å². The smallest absolute Gasteiger partial charge is 0.261 e. The summed E-state index contributed by atoms with van der Waals surface area (Å²) >= 11 is 11.9. The van der Waals surface area contributed by atoms with Gasteiger partial charge in [-0.05, 0) is 30.3 Å². The van der Waals surface area contributed by atoms with Crippen LogP contribution in [0.3, 0.4) is 0 Å². The normalized spacial score (nSPS) is 11.0. The average Bonchev–Trinajstić information content (AvgIpc) is 2.92. The van der Waals surface area contributed by atoms with E-state index >= 15 is 0 Å². The van der Waals surface area contributed by atoms with Gasteiger partial charge in [-0.15, -0.1) is 0 Å². The molecule has 4 nitrogen and oxygen atoms in total. The number of furan rings is 1. The average molecular weight is 321 g/mol. The summed E-state index contributed by atoms with van der Waals surface area (Å²) in [7, 11) is 1.45. The molecule has 6 heteroatoms. The number of nitrogens with one attached hydrogen (secondary N) is 1. The Balaban J connectivity index is 2.36. The zero-order valence-electron chi connectivity index (χ0n) is 11.0. The van der Waals surface area contributed by atoms with Crippen LogP contribution in [0.5, 0.6) is 0 Å². The number of amides is 1. The quantitative estimate of drug-likeness (QED) is 0.688. The number of nitriles is 1. The second kappa shape index (κ2) is 6.49. The second-order valence-electron chi connectivity index (χ2n) is 4.08. The van der Waals surface area contributed by atoms with Crippen molar-refractivity contribution in [2.75, 3.05) is 7.05 Å². The first kappa shape index (κ1) is 15.2. The Bertz CT molecular complexity index is 757. The van der Waals surface area contributed by atoms with Crippen LogP contribution in [0.25, 0.3) is 17.4 Å². The van der Waals surface area contributed by atoms with Crippen LogP contribution in [-0.4, -0.2) is 13.0 Å². The van der Waals surface area contributed by atoms with Crippen molar-refractivity contribution in [3.63, 3.8) is 0 Å². The lowest BCUT2D eigenvalue weighted by Crippen LogP contribution is -2.18. The third kappa shape index (κ3) is 3.46. The first-order valence-electron chi connectivity index (χ1n) is 5.94. The summed E-state index contributed by atoms with van der Waals surface area (Å²) in [5.41, 5.74) is 0.639. The molecule has 1 aromatic heterocycles. The minimum atomic E-state index is -0.472. The number of halogens is 2. The first-order chi connectivity index (χ1) is 10.0. The van der Waals surface area contributed by atoms with Crippen LogP contribution in [0.2, 0.25) is 10.0 Å². The summed E-state index contributed by atoms with van der Waals surface area (Å²) in [6.07, 6.45) is 1.37. The van der Waals surface area contributed by atoms with E-state index in [2.05, 4.69) is 5.32 Å². The van der Waals surface area contributed by atoms with E-state index in [1.807, 2.05) is 6.07 Å². The topological polar surface area (TPSA) is 66.0 Å². The molecule has 21 heavy (non-hydrogen) atoms. The lowest BCUT2D eigenvalue weighted by molar-refractivity contribution is -0.116. The number of rotatable bonds is 3. The van der Waals surface area contributed by atoms with Gasteiger partial charge in [0, 0.05) is 23.7 Å². The Morgan fingerprint density at radius 2 is 2.10 bits per heavy atom. The SMILES string of the molecule is CNC(=O)/C(C#N)=C/c1ccc(-c2ccc(Cl)cc2Cl)o1. The van der Waals surface area contributed by atoms with Crippen LogP contribution < -0.4 is 5.32 Å². The molecule has 1 aromatic carbocycles. The zero-order chi connectivity index (χ0) is 15.4.